The van der Waals surface area contributed by atoms with Crippen LogP contribution in [0, 0.1) is 0 Å². The highest BCUT2D eigenvalue weighted by Crippen LogP contribution is 2.34. The highest BCUT2D eigenvalue weighted by atomic mass is 14.2. The second-order valence-electron chi connectivity index (χ2n) is 4.30. The maximum absolute atomic E-state index is 3.81. The maximum Gasteiger partial charge on any atom is -0.0136 e. The molecule has 1 aliphatic rings. The number of benzene rings is 1. The van der Waals surface area contributed by atoms with Crippen molar-refractivity contribution in [2.24, 2.45) is 0 Å². The Morgan fingerprint density at radius 3 is 2.62 bits per heavy atom. The Morgan fingerprint density at radius 2 is 1.94 bits per heavy atom. The predicted octanol–water partition coefficient (Wildman–Crippen LogP) is 4.76. The molecule has 1 aromatic carbocycles. The Labute approximate surface area is 98.0 Å². The summed E-state index contributed by atoms with van der Waals surface area (Å²) >= 11 is 0. The third-order valence-electron chi connectivity index (χ3n) is 3.24. The summed E-state index contributed by atoms with van der Waals surface area (Å²) in [4.78, 5) is 0. The van der Waals surface area contributed by atoms with E-state index >= 15 is 0 Å². The van der Waals surface area contributed by atoms with E-state index in [1.54, 1.807) is 5.57 Å². The molecule has 0 amide bonds. The third kappa shape index (κ3) is 2.33. The topological polar surface area (TPSA) is 0 Å². The molecule has 0 heterocycles. The lowest BCUT2D eigenvalue weighted by Gasteiger charge is -2.01. The van der Waals surface area contributed by atoms with Gasteiger partial charge in [-0.25, -0.2) is 0 Å². The van der Waals surface area contributed by atoms with Crippen LogP contribution < -0.4 is 0 Å². The van der Waals surface area contributed by atoms with Gasteiger partial charge in [-0.15, -0.1) is 6.58 Å². The molecule has 0 atom stereocenters. The Balaban J connectivity index is 2.24. The van der Waals surface area contributed by atoms with Crippen LogP contribution in [0.4, 0.5) is 0 Å². The lowest BCUT2D eigenvalue weighted by atomic mass is 10.0. The highest BCUT2D eigenvalue weighted by molar-refractivity contribution is 5.60. The van der Waals surface area contributed by atoms with Gasteiger partial charge in [-0.1, -0.05) is 48.1 Å². The van der Waals surface area contributed by atoms with Gasteiger partial charge in [-0.05, 0) is 42.9 Å². The summed E-state index contributed by atoms with van der Waals surface area (Å²) in [6.45, 7) is 6.05. The van der Waals surface area contributed by atoms with Crippen molar-refractivity contribution < 1.29 is 0 Å². The zero-order chi connectivity index (χ0) is 11.4. The van der Waals surface area contributed by atoms with Crippen LogP contribution in [-0.4, -0.2) is 0 Å². The van der Waals surface area contributed by atoms with Crippen LogP contribution in [0.5, 0.6) is 0 Å². The molecule has 1 aromatic rings. The lowest BCUT2D eigenvalue weighted by Crippen LogP contribution is -1.80. The molecule has 0 aromatic heterocycles. The molecule has 0 radical (unpaired) electrons. The molecule has 1 aliphatic carbocycles. The first-order valence-electron chi connectivity index (χ1n) is 5.87. The summed E-state index contributed by atoms with van der Waals surface area (Å²) in [6.07, 6.45) is 7.74. The Morgan fingerprint density at radius 1 is 1.19 bits per heavy atom. The van der Waals surface area contributed by atoms with E-state index in [1.165, 1.54) is 29.6 Å². The quantitative estimate of drug-likeness (QED) is 0.631. The van der Waals surface area contributed by atoms with E-state index in [1.807, 2.05) is 6.08 Å². The van der Waals surface area contributed by atoms with Crippen LogP contribution in [0.3, 0.4) is 0 Å². The minimum atomic E-state index is 1.04. The van der Waals surface area contributed by atoms with E-state index in [2.05, 4.69) is 49.9 Å². The minimum Gasteiger partial charge on any atom is -0.103 e. The fourth-order valence-electron chi connectivity index (χ4n) is 2.25. The fourth-order valence-corrected chi connectivity index (χ4v) is 2.25. The largest absolute Gasteiger partial charge is 0.103 e. The molecule has 0 saturated carbocycles. The van der Waals surface area contributed by atoms with Crippen molar-refractivity contribution in [2.45, 2.75) is 26.2 Å². The van der Waals surface area contributed by atoms with Crippen molar-refractivity contribution in [3.8, 4) is 0 Å². The second kappa shape index (κ2) is 4.98. The molecule has 0 N–H and O–H groups in total. The molecule has 0 bridgehead atoms. The summed E-state index contributed by atoms with van der Waals surface area (Å²) in [5.41, 5.74) is 5.82. The molecule has 82 valence electrons. The number of hydrogen-bond donors (Lipinski definition) is 0. The number of allylic oxidation sites excluding steroid dienone is 4. The predicted molar refractivity (Wildman–Crippen MR) is 71.2 cm³/mol. The van der Waals surface area contributed by atoms with E-state index in [0.29, 0.717) is 0 Å². The van der Waals surface area contributed by atoms with Gasteiger partial charge in [0.25, 0.3) is 0 Å². The van der Waals surface area contributed by atoms with Gasteiger partial charge >= 0.3 is 0 Å². The smallest absolute Gasteiger partial charge is 0.0136 e. The molecule has 0 heteroatoms. The molecule has 0 fully saturated rings. The SMILES string of the molecule is C=CCC1=C(C)/C(=C/c2ccccc2)CC1. The van der Waals surface area contributed by atoms with Crippen molar-refractivity contribution >= 4 is 6.08 Å². The summed E-state index contributed by atoms with van der Waals surface area (Å²) < 4.78 is 0. The molecule has 0 saturated heterocycles. The third-order valence-corrected chi connectivity index (χ3v) is 3.24. The van der Waals surface area contributed by atoms with Gasteiger partial charge in [0, 0.05) is 0 Å². The molecule has 0 spiro atoms. The van der Waals surface area contributed by atoms with Gasteiger partial charge in [0.1, 0.15) is 0 Å². The Hall–Kier alpha value is -1.56. The van der Waals surface area contributed by atoms with E-state index < -0.39 is 0 Å². The first-order chi connectivity index (χ1) is 7.81. The standard InChI is InChI=1S/C16H18/c1-3-7-15-10-11-16(13(15)2)12-14-8-5-4-6-9-14/h3-6,8-9,12H,1,7,10-11H2,2H3/b16-12+. The summed E-state index contributed by atoms with van der Waals surface area (Å²) in [6, 6.07) is 10.6. The maximum atomic E-state index is 3.81. The van der Waals surface area contributed by atoms with E-state index in [0.717, 1.165) is 6.42 Å². The molecule has 2 rings (SSSR count). The van der Waals surface area contributed by atoms with Gasteiger partial charge < -0.3 is 0 Å². The average molecular weight is 210 g/mol. The Bertz CT molecular complexity index is 432. The minimum absolute atomic E-state index is 1.04. The fraction of sp³-hybridized carbons (Fsp3) is 0.250. The average Bonchev–Trinajstić information content (AvgIpc) is 2.64. The monoisotopic (exact) mass is 210 g/mol. The van der Waals surface area contributed by atoms with Gasteiger partial charge in [0.2, 0.25) is 0 Å². The van der Waals surface area contributed by atoms with Crippen molar-refractivity contribution in [2.75, 3.05) is 0 Å². The van der Waals surface area contributed by atoms with Crippen molar-refractivity contribution in [3.63, 3.8) is 0 Å². The zero-order valence-corrected chi connectivity index (χ0v) is 9.87. The molecular formula is C16H18. The number of hydrogen-bond acceptors (Lipinski definition) is 0. The van der Waals surface area contributed by atoms with Gasteiger partial charge in [-0.2, -0.15) is 0 Å². The molecule has 0 unspecified atom stereocenters. The van der Waals surface area contributed by atoms with Gasteiger partial charge in [-0.3, -0.25) is 0 Å². The normalized spacial score (nSPS) is 18.2. The van der Waals surface area contributed by atoms with Crippen LogP contribution in [-0.2, 0) is 0 Å². The first kappa shape index (κ1) is 10.9. The van der Waals surface area contributed by atoms with Crippen LogP contribution in [0.1, 0.15) is 31.7 Å². The van der Waals surface area contributed by atoms with Gasteiger partial charge in [0.05, 0.1) is 0 Å². The highest BCUT2D eigenvalue weighted by Gasteiger charge is 2.14. The van der Waals surface area contributed by atoms with E-state index in [-0.39, 0.29) is 0 Å². The van der Waals surface area contributed by atoms with E-state index in [9.17, 15) is 0 Å². The summed E-state index contributed by atoms with van der Waals surface area (Å²) in [7, 11) is 0. The van der Waals surface area contributed by atoms with E-state index in [4.69, 9.17) is 0 Å². The second-order valence-corrected chi connectivity index (χ2v) is 4.30. The summed E-state index contributed by atoms with van der Waals surface area (Å²) in [5, 5.41) is 0. The van der Waals surface area contributed by atoms with Crippen LogP contribution in [0.2, 0.25) is 0 Å². The van der Waals surface area contributed by atoms with Crippen LogP contribution in [0.15, 0.2) is 59.7 Å². The molecule has 0 nitrogen and oxygen atoms in total. The van der Waals surface area contributed by atoms with Gasteiger partial charge in [0.15, 0.2) is 0 Å². The molecule has 16 heavy (non-hydrogen) atoms. The molecular weight excluding hydrogens is 192 g/mol. The van der Waals surface area contributed by atoms with Crippen molar-refractivity contribution in [3.05, 3.63) is 65.3 Å². The zero-order valence-electron chi connectivity index (χ0n) is 9.87. The summed E-state index contributed by atoms with van der Waals surface area (Å²) in [5.74, 6) is 0. The van der Waals surface area contributed by atoms with Crippen LogP contribution >= 0.6 is 0 Å². The van der Waals surface area contributed by atoms with Crippen molar-refractivity contribution in [1.82, 2.24) is 0 Å². The molecule has 0 aliphatic heterocycles. The first-order valence-corrected chi connectivity index (χ1v) is 5.87. The van der Waals surface area contributed by atoms with Crippen molar-refractivity contribution in [1.29, 1.82) is 0 Å². The Kier molecular flexibility index (Phi) is 3.40. The van der Waals surface area contributed by atoms with Crippen LogP contribution in [0.25, 0.3) is 6.08 Å². The lowest BCUT2D eigenvalue weighted by molar-refractivity contribution is 0.978. The number of rotatable bonds is 3.